The molecule has 7 nitrogen and oxygen atoms in total. The third kappa shape index (κ3) is 2.70. The summed E-state index contributed by atoms with van der Waals surface area (Å²) in [5, 5.41) is 22.5. The topological polar surface area (TPSA) is 92.9 Å². The second-order valence-electron chi connectivity index (χ2n) is 7.76. The van der Waals surface area contributed by atoms with E-state index < -0.39 is 16.4 Å². The first-order valence-corrected chi connectivity index (χ1v) is 10.6. The molecule has 2 aromatic carbocycles. The third-order valence-electron chi connectivity index (χ3n) is 6.08. The number of nitro benzene ring substituents is 1. The fraction of sp³-hybridized carbons (Fsp3) is 0.381. The summed E-state index contributed by atoms with van der Waals surface area (Å²) in [6, 6.07) is 13.5. The zero-order chi connectivity index (χ0) is 20.2. The van der Waals surface area contributed by atoms with Crippen LogP contribution in [-0.4, -0.2) is 31.7 Å². The van der Waals surface area contributed by atoms with Crippen molar-refractivity contribution >= 4 is 23.4 Å². The standard InChI is InChI=1S/C21H20N2O5S/c24-19-20-12-4-3-7-18(20)29-17-6-2-1-5-16(17)21(25,28-20)22(19)13-14-8-10-15(11-9-14)23(26)27/h1-2,5-6,8-11,18,25H,3-4,7,12-13H2/t18-,20-,21+/m1/s1. The monoisotopic (exact) mass is 412 g/mol. The highest BCUT2D eigenvalue weighted by Crippen LogP contribution is 2.56. The number of nitro groups is 1. The molecule has 29 heavy (non-hydrogen) atoms. The maximum atomic E-state index is 13.6. The normalized spacial score (nSPS) is 30.4. The Hall–Kier alpha value is -2.42. The predicted octanol–water partition coefficient (Wildman–Crippen LogP) is 3.54. The lowest BCUT2D eigenvalue weighted by Gasteiger charge is -2.37. The highest BCUT2D eigenvalue weighted by Gasteiger charge is 2.66. The van der Waals surface area contributed by atoms with Gasteiger partial charge in [-0.05, 0) is 30.9 Å². The number of rotatable bonds is 3. The van der Waals surface area contributed by atoms with Gasteiger partial charge in [0.05, 0.1) is 11.5 Å². The molecule has 1 saturated carbocycles. The van der Waals surface area contributed by atoms with Crippen LogP contribution in [0.5, 0.6) is 0 Å². The molecule has 1 N–H and O–H groups in total. The van der Waals surface area contributed by atoms with Crippen LogP contribution >= 0.6 is 11.8 Å². The number of aliphatic hydroxyl groups is 1. The van der Waals surface area contributed by atoms with Crippen LogP contribution in [-0.2, 0) is 22.0 Å². The van der Waals surface area contributed by atoms with Gasteiger partial charge in [-0.15, -0.1) is 11.8 Å². The first kappa shape index (κ1) is 18.6. The number of non-ortho nitro benzene ring substituents is 1. The number of fused-ring (bicyclic) bond motifs is 3. The van der Waals surface area contributed by atoms with E-state index in [1.807, 2.05) is 18.2 Å². The van der Waals surface area contributed by atoms with E-state index in [1.165, 1.54) is 17.0 Å². The lowest BCUT2D eigenvalue weighted by molar-refractivity contribution is -0.384. The van der Waals surface area contributed by atoms with Crippen LogP contribution in [0.1, 0.15) is 36.8 Å². The maximum Gasteiger partial charge on any atom is 0.282 e. The largest absolute Gasteiger partial charge is 0.345 e. The van der Waals surface area contributed by atoms with Gasteiger partial charge >= 0.3 is 0 Å². The van der Waals surface area contributed by atoms with Gasteiger partial charge < -0.3 is 9.84 Å². The number of hydrogen-bond acceptors (Lipinski definition) is 6. The Balaban J connectivity index is 1.59. The lowest BCUT2D eigenvalue weighted by Crippen LogP contribution is -2.51. The summed E-state index contributed by atoms with van der Waals surface area (Å²) in [7, 11) is 0. The van der Waals surface area contributed by atoms with Crippen molar-refractivity contribution in [2.24, 2.45) is 0 Å². The highest BCUT2D eigenvalue weighted by atomic mass is 32.2. The number of thioether (sulfide) groups is 1. The zero-order valence-corrected chi connectivity index (χ0v) is 16.4. The number of benzene rings is 2. The van der Waals surface area contributed by atoms with Crippen LogP contribution in [0, 0.1) is 10.1 Å². The van der Waals surface area contributed by atoms with E-state index in [0.29, 0.717) is 17.5 Å². The number of amides is 1. The molecule has 2 heterocycles. The van der Waals surface area contributed by atoms with Crippen LogP contribution in [0.3, 0.4) is 0 Å². The van der Waals surface area contributed by atoms with E-state index in [1.54, 1.807) is 30.0 Å². The quantitative estimate of drug-likeness (QED) is 0.612. The number of nitrogens with zero attached hydrogens (tertiary/aromatic N) is 2. The minimum absolute atomic E-state index is 0.0142. The second-order valence-corrected chi connectivity index (χ2v) is 9.01. The fourth-order valence-corrected chi connectivity index (χ4v) is 6.16. The molecule has 0 unspecified atom stereocenters. The van der Waals surface area contributed by atoms with Crippen molar-refractivity contribution in [2.75, 3.05) is 0 Å². The van der Waals surface area contributed by atoms with Crippen LogP contribution in [0.2, 0.25) is 0 Å². The van der Waals surface area contributed by atoms with E-state index in [0.717, 1.165) is 24.2 Å². The van der Waals surface area contributed by atoms with Crippen molar-refractivity contribution < 1.29 is 19.6 Å². The molecule has 2 aliphatic heterocycles. The van der Waals surface area contributed by atoms with Gasteiger partial charge in [-0.3, -0.25) is 19.8 Å². The van der Waals surface area contributed by atoms with Crippen molar-refractivity contribution in [3.05, 3.63) is 69.8 Å². The summed E-state index contributed by atoms with van der Waals surface area (Å²) in [6.07, 6.45) is 3.34. The summed E-state index contributed by atoms with van der Waals surface area (Å²) < 4.78 is 6.29. The Kier molecular flexibility index (Phi) is 4.20. The van der Waals surface area contributed by atoms with Gasteiger partial charge in [0.1, 0.15) is 0 Å². The van der Waals surface area contributed by atoms with E-state index in [2.05, 4.69) is 0 Å². The molecule has 5 rings (SSSR count). The lowest BCUT2D eigenvalue weighted by atomic mass is 9.83. The molecule has 1 amide bonds. The summed E-state index contributed by atoms with van der Waals surface area (Å²) in [6.45, 7) is 0.112. The van der Waals surface area contributed by atoms with Gasteiger partial charge in [-0.25, -0.2) is 0 Å². The van der Waals surface area contributed by atoms with Crippen LogP contribution < -0.4 is 0 Å². The Labute approximate surface area is 171 Å². The van der Waals surface area contributed by atoms with Gasteiger partial charge in [0.15, 0.2) is 5.60 Å². The van der Waals surface area contributed by atoms with Crippen molar-refractivity contribution in [1.82, 2.24) is 4.90 Å². The smallest absolute Gasteiger partial charge is 0.282 e. The van der Waals surface area contributed by atoms with Gasteiger partial charge in [-0.2, -0.15) is 0 Å². The van der Waals surface area contributed by atoms with Crippen molar-refractivity contribution in [3.8, 4) is 0 Å². The van der Waals surface area contributed by atoms with Gasteiger partial charge in [0.2, 0.25) is 0 Å². The minimum Gasteiger partial charge on any atom is -0.345 e. The molecule has 2 aromatic rings. The van der Waals surface area contributed by atoms with E-state index >= 15 is 0 Å². The number of carbonyl (C=O) groups excluding carboxylic acids is 1. The minimum atomic E-state index is -1.85. The van der Waals surface area contributed by atoms with E-state index in [-0.39, 0.29) is 23.4 Å². The molecule has 150 valence electrons. The molecular formula is C21H20N2O5S. The number of hydrogen-bond donors (Lipinski definition) is 1. The first-order valence-electron chi connectivity index (χ1n) is 9.68. The fourth-order valence-electron chi connectivity index (χ4n) is 4.62. The molecule has 3 atom stereocenters. The predicted molar refractivity (Wildman–Crippen MR) is 106 cm³/mol. The molecular weight excluding hydrogens is 392 g/mol. The Morgan fingerprint density at radius 1 is 1.21 bits per heavy atom. The average molecular weight is 412 g/mol. The highest BCUT2D eigenvalue weighted by molar-refractivity contribution is 8.00. The average Bonchev–Trinajstić information content (AvgIpc) is 2.86. The summed E-state index contributed by atoms with van der Waals surface area (Å²) in [4.78, 5) is 26.4. The SMILES string of the molecule is O=C1N(Cc2ccc([N+](=O)[O-])cc2)[C@@]2(O)O[C@@]13CCCC[C@H]3Sc1ccccc12. The van der Waals surface area contributed by atoms with Crippen LogP contribution in [0.15, 0.2) is 53.4 Å². The van der Waals surface area contributed by atoms with Crippen molar-refractivity contribution in [1.29, 1.82) is 0 Å². The Bertz CT molecular complexity index is 997. The molecule has 1 aliphatic carbocycles. The van der Waals surface area contributed by atoms with Crippen molar-refractivity contribution in [2.45, 2.75) is 53.9 Å². The second kappa shape index (κ2) is 6.55. The van der Waals surface area contributed by atoms with Gasteiger partial charge in [0.25, 0.3) is 17.5 Å². The summed E-state index contributed by atoms with van der Waals surface area (Å²) in [5.41, 5.74) is 0.213. The van der Waals surface area contributed by atoms with E-state index in [9.17, 15) is 20.0 Å². The van der Waals surface area contributed by atoms with Gasteiger partial charge in [-0.1, -0.05) is 36.8 Å². The van der Waals surface area contributed by atoms with Gasteiger partial charge in [0, 0.05) is 27.8 Å². The third-order valence-corrected chi connectivity index (χ3v) is 7.59. The number of carbonyl (C=O) groups is 1. The molecule has 2 fully saturated rings. The first-order chi connectivity index (χ1) is 13.9. The summed E-state index contributed by atoms with van der Waals surface area (Å²) in [5.74, 6) is -2.06. The van der Waals surface area contributed by atoms with Crippen molar-refractivity contribution in [3.63, 3.8) is 0 Å². The molecule has 1 saturated heterocycles. The zero-order valence-electron chi connectivity index (χ0n) is 15.6. The van der Waals surface area contributed by atoms with E-state index in [4.69, 9.17) is 4.74 Å². The van der Waals surface area contributed by atoms with Crippen LogP contribution in [0.4, 0.5) is 5.69 Å². The Morgan fingerprint density at radius 2 is 1.97 bits per heavy atom. The van der Waals surface area contributed by atoms with Crippen LogP contribution in [0.25, 0.3) is 0 Å². The molecule has 0 aromatic heterocycles. The molecule has 2 bridgehead atoms. The molecule has 1 spiro atoms. The summed E-state index contributed by atoms with van der Waals surface area (Å²) >= 11 is 1.62. The molecule has 8 heteroatoms. The molecule has 0 radical (unpaired) electrons. The molecule has 3 aliphatic rings. The maximum absolute atomic E-state index is 13.6. The number of ether oxygens (including phenoxy) is 1. The Morgan fingerprint density at radius 3 is 2.72 bits per heavy atom.